The van der Waals surface area contributed by atoms with E-state index in [4.69, 9.17) is 32.5 Å². The standard InChI is InChI=1S/C20H18Cl2N2O3/c1-12-7-16(8-13(2)20(12)22)26-11-19(25)23-10-17-9-18(24-27-17)14-3-5-15(21)6-4-14/h3-9H,10-11H2,1-2H3,(H,23,25). The van der Waals surface area contributed by atoms with Crippen LogP contribution in [0.15, 0.2) is 47.0 Å². The van der Waals surface area contributed by atoms with Crippen LogP contribution in [-0.2, 0) is 11.3 Å². The summed E-state index contributed by atoms with van der Waals surface area (Å²) in [5, 5.41) is 8.10. The molecule has 5 nitrogen and oxygen atoms in total. The van der Waals surface area contributed by atoms with Gasteiger partial charge < -0.3 is 14.6 Å². The molecule has 1 heterocycles. The van der Waals surface area contributed by atoms with E-state index in [0.717, 1.165) is 16.7 Å². The number of benzene rings is 2. The quantitative estimate of drug-likeness (QED) is 0.630. The molecule has 27 heavy (non-hydrogen) atoms. The van der Waals surface area contributed by atoms with Gasteiger partial charge >= 0.3 is 0 Å². The molecule has 0 spiro atoms. The largest absolute Gasteiger partial charge is 0.484 e. The average Bonchev–Trinajstić information content (AvgIpc) is 3.12. The summed E-state index contributed by atoms with van der Waals surface area (Å²) >= 11 is 12.0. The lowest BCUT2D eigenvalue weighted by Crippen LogP contribution is -2.28. The molecule has 1 aromatic heterocycles. The molecule has 0 radical (unpaired) electrons. The van der Waals surface area contributed by atoms with E-state index in [9.17, 15) is 4.79 Å². The van der Waals surface area contributed by atoms with Crippen molar-refractivity contribution in [2.24, 2.45) is 0 Å². The Balaban J connectivity index is 1.52. The maximum absolute atomic E-state index is 12.0. The van der Waals surface area contributed by atoms with E-state index in [2.05, 4.69) is 10.5 Å². The monoisotopic (exact) mass is 404 g/mol. The Morgan fingerprint density at radius 2 is 1.78 bits per heavy atom. The smallest absolute Gasteiger partial charge is 0.258 e. The highest BCUT2D eigenvalue weighted by molar-refractivity contribution is 6.32. The minimum atomic E-state index is -0.260. The minimum Gasteiger partial charge on any atom is -0.484 e. The van der Waals surface area contributed by atoms with Crippen molar-refractivity contribution >= 4 is 29.1 Å². The summed E-state index contributed by atoms with van der Waals surface area (Å²) < 4.78 is 10.8. The first-order valence-corrected chi connectivity index (χ1v) is 9.06. The van der Waals surface area contributed by atoms with Gasteiger partial charge in [-0.15, -0.1) is 0 Å². The van der Waals surface area contributed by atoms with Crippen LogP contribution in [0.25, 0.3) is 11.3 Å². The van der Waals surface area contributed by atoms with Gasteiger partial charge in [0, 0.05) is 21.7 Å². The predicted octanol–water partition coefficient (Wildman–Crippen LogP) is 4.96. The molecule has 0 atom stereocenters. The van der Waals surface area contributed by atoms with Gasteiger partial charge in [-0.05, 0) is 49.2 Å². The Kier molecular flexibility index (Phi) is 6.04. The maximum atomic E-state index is 12.0. The summed E-state index contributed by atoms with van der Waals surface area (Å²) in [5.74, 6) is 0.894. The molecule has 0 unspecified atom stereocenters. The number of nitrogens with zero attached hydrogens (tertiary/aromatic N) is 1. The van der Waals surface area contributed by atoms with Crippen molar-refractivity contribution in [1.82, 2.24) is 10.5 Å². The molecule has 0 aliphatic heterocycles. The average molecular weight is 405 g/mol. The summed E-state index contributed by atoms with van der Waals surface area (Å²) in [6.45, 7) is 3.91. The third kappa shape index (κ3) is 5.02. The second-order valence-corrected chi connectivity index (χ2v) is 6.94. The van der Waals surface area contributed by atoms with Crippen LogP contribution in [0.2, 0.25) is 10.0 Å². The second kappa shape index (κ2) is 8.46. The molecule has 0 fully saturated rings. The summed E-state index contributed by atoms with van der Waals surface area (Å²) in [4.78, 5) is 12.0. The summed E-state index contributed by atoms with van der Waals surface area (Å²) in [7, 11) is 0. The highest BCUT2D eigenvalue weighted by Gasteiger charge is 2.10. The van der Waals surface area contributed by atoms with Gasteiger partial charge in [0.25, 0.3) is 5.91 Å². The van der Waals surface area contributed by atoms with Crippen LogP contribution >= 0.6 is 23.2 Å². The van der Waals surface area contributed by atoms with E-state index in [-0.39, 0.29) is 19.1 Å². The highest BCUT2D eigenvalue weighted by atomic mass is 35.5. The van der Waals surface area contributed by atoms with Gasteiger partial charge in [-0.25, -0.2) is 0 Å². The number of carbonyl (C=O) groups is 1. The van der Waals surface area contributed by atoms with E-state index < -0.39 is 0 Å². The fourth-order valence-corrected chi connectivity index (χ4v) is 2.76. The number of hydrogen-bond acceptors (Lipinski definition) is 4. The van der Waals surface area contributed by atoms with E-state index in [1.165, 1.54) is 0 Å². The molecule has 140 valence electrons. The number of ether oxygens (including phenoxy) is 1. The zero-order valence-corrected chi connectivity index (χ0v) is 16.4. The van der Waals surface area contributed by atoms with Crippen molar-refractivity contribution in [2.45, 2.75) is 20.4 Å². The van der Waals surface area contributed by atoms with E-state index in [1.54, 1.807) is 30.3 Å². The molecule has 0 saturated carbocycles. The molecule has 7 heteroatoms. The van der Waals surface area contributed by atoms with Crippen molar-refractivity contribution < 1.29 is 14.1 Å². The first kappa shape index (κ1) is 19.3. The van der Waals surface area contributed by atoms with E-state index in [0.29, 0.717) is 27.2 Å². The van der Waals surface area contributed by atoms with Crippen LogP contribution in [0.3, 0.4) is 0 Å². The highest BCUT2D eigenvalue weighted by Crippen LogP contribution is 2.26. The molecule has 1 amide bonds. The topological polar surface area (TPSA) is 64.4 Å². The van der Waals surface area contributed by atoms with Gasteiger partial charge in [0.05, 0.1) is 6.54 Å². The lowest BCUT2D eigenvalue weighted by atomic mass is 10.1. The van der Waals surface area contributed by atoms with Crippen LogP contribution in [0.1, 0.15) is 16.9 Å². The van der Waals surface area contributed by atoms with Crippen LogP contribution in [0.4, 0.5) is 0 Å². The van der Waals surface area contributed by atoms with Gasteiger partial charge in [-0.2, -0.15) is 0 Å². The van der Waals surface area contributed by atoms with Crippen LogP contribution < -0.4 is 10.1 Å². The molecule has 0 aliphatic carbocycles. The Hall–Kier alpha value is -2.50. The number of aryl methyl sites for hydroxylation is 2. The number of nitrogens with one attached hydrogen (secondary N) is 1. The summed E-state index contributed by atoms with van der Waals surface area (Å²) in [6.07, 6.45) is 0. The van der Waals surface area contributed by atoms with Gasteiger partial charge in [0.15, 0.2) is 12.4 Å². The lowest BCUT2D eigenvalue weighted by Gasteiger charge is -2.09. The van der Waals surface area contributed by atoms with Crippen molar-refractivity contribution in [3.05, 3.63) is 69.4 Å². The Morgan fingerprint density at radius 3 is 2.44 bits per heavy atom. The number of amides is 1. The predicted molar refractivity (Wildman–Crippen MR) is 105 cm³/mol. The molecule has 2 aromatic carbocycles. The summed E-state index contributed by atoms with van der Waals surface area (Å²) in [5.41, 5.74) is 3.38. The Labute approximate surface area is 167 Å². The van der Waals surface area contributed by atoms with Crippen LogP contribution in [0, 0.1) is 13.8 Å². The molecular formula is C20H18Cl2N2O3. The molecule has 0 bridgehead atoms. The number of rotatable bonds is 6. The fraction of sp³-hybridized carbons (Fsp3) is 0.200. The van der Waals surface area contributed by atoms with Crippen molar-refractivity contribution in [2.75, 3.05) is 6.61 Å². The van der Waals surface area contributed by atoms with Crippen LogP contribution in [0.5, 0.6) is 5.75 Å². The third-order valence-corrected chi connectivity index (χ3v) is 4.79. The minimum absolute atomic E-state index is 0.0985. The number of carbonyl (C=O) groups excluding carboxylic acids is 1. The zero-order chi connectivity index (χ0) is 19.4. The molecular weight excluding hydrogens is 387 g/mol. The number of hydrogen-bond donors (Lipinski definition) is 1. The van der Waals surface area contributed by atoms with Gasteiger partial charge in [0.2, 0.25) is 0 Å². The molecule has 3 aromatic rings. The van der Waals surface area contributed by atoms with Crippen LogP contribution in [-0.4, -0.2) is 17.7 Å². The third-order valence-electron chi connectivity index (χ3n) is 3.94. The van der Waals surface area contributed by atoms with Crippen molar-refractivity contribution in [3.8, 4) is 17.0 Å². The fourth-order valence-electron chi connectivity index (χ4n) is 2.53. The Bertz CT molecular complexity index is 929. The first-order chi connectivity index (χ1) is 12.9. The molecule has 0 aliphatic rings. The van der Waals surface area contributed by atoms with E-state index in [1.807, 2.05) is 26.0 Å². The van der Waals surface area contributed by atoms with Crippen molar-refractivity contribution in [1.29, 1.82) is 0 Å². The lowest BCUT2D eigenvalue weighted by molar-refractivity contribution is -0.123. The molecule has 0 saturated heterocycles. The number of halogens is 2. The molecule has 1 N–H and O–H groups in total. The normalized spacial score (nSPS) is 10.7. The van der Waals surface area contributed by atoms with Gasteiger partial charge in [0.1, 0.15) is 11.4 Å². The number of aromatic nitrogens is 1. The maximum Gasteiger partial charge on any atom is 0.258 e. The van der Waals surface area contributed by atoms with Crippen molar-refractivity contribution in [3.63, 3.8) is 0 Å². The molecule has 3 rings (SSSR count). The summed E-state index contributed by atoms with van der Waals surface area (Å²) in [6, 6.07) is 12.7. The van der Waals surface area contributed by atoms with Gasteiger partial charge in [-0.1, -0.05) is 40.5 Å². The van der Waals surface area contributed by atoms with Gasteiger partial charge in [-0.3, -0.25) is 4.79 Å². The second-order valence-electron chi connectivity index (χ2n) is 6.12. The first-order valence-electron chi connectivity index (χ1n) is 8.30. The SMILES string of the molecule is Cc1cc(OCC(=O)NCc2cc(-c3ccc(Cl)cc3)no2)cc(C)c1Cl. The zero-order valence-electron chi connectivity index (χ0n) is 14.9. The Morgan fingerprint density at radius 1 is 1.11 bits per heavy atom. The van der Waals surface area contributed by atoms with E-state index >= 15 is 0 Å².